The first kappa shape index (κ1) is 14.0. The van der Waals surface area contributed by atoms with E-state index in [0.717, 1.165) is 11.4 Å². The van der Waals surface area contributed by atoms with Crippen LogP contribution >= 0.6 is 0 Å². The molecule has 0 spiro atoms. The molecule has 2 aromatic carbocycles. The predicted molar refractivity (Wildman–Crippen MR) is 84.9 cm³/mol. The van der Waals surface area contributed by atoms with E-state index in [2.05, 4.69) is 23.5 Å². The van der Waals surface area contributed by atoms with E-state index in [9.17, 15) is 5.11 Å². The molecule has 0 saturated carbocycles. The molecule has 0 bridgehead atoms. The zero-order valence-corrected chi connectivity index (χ0v) is 12.1. The van der Waals surface area contributed by atoms with Gasteiger partial charge < -0.3 is 15.2 Å². The average molecular weight is 283 g/mol. The second-order valence-corrected chi connectivity index (χ2v) is 5.50. The first-order valence-electron chi connectivity index (χ1n) is 7.53. The van der Waals surface area contributed by atoms with Gasteiger partial charge in [0.25, 0.3) is 0 Å². The van der Waals surface area contributed by atoms with Gasteiger partial charge in [0.2, 0.25) is 0 Å². The molecule has 1 atom stereocenters. The second-order valence-electron chi connectivity index (χ2n) is 5.50. The van der Waals surface area contributed by atoms with Crippen LogP contribution in [0.3, 0.4) is 0 Å². The largest absolute Gasteiger partial charge is 0.491 e. The van der Waals surface area contributed by atoms with Crippen LogP contribution in [-0.4, -0.2) is 24.4 Å². The van der Waals surface area contributed by atoms with Gasteiger partial charge in [-0.1, -0.05) is 24.3 Å². The summed E-state index contributed by atoms with van der Waals surface area (Å²) in [5.74, 6) is 0.786. The monoisotopic (exact) mass is 283 g/mol. The summed E-state index contributed by atoms with van der Waals surface area (Å²) in [5, 5.41) is 13.3. The number of anilines is 1. The lowest BCUT2D eigenvalue weighted by molar-refractivity contribution is 0.117. The third kappa shape index (κ3) is 3.76. The normalized spacial score (nSPS) is 14.5. The van der Waals surface area contributed by atoms with Crippen LogP contribution in [0.1, 0.15) is 17.5 Å². The molecule has 0 heterocycles. The van der Waals surface area contributed by atoms with Gasteiger partial charge in [0.05, 0.1) is 0 Å². The Morgan fingerprint density at radius 3 is 2.71 bits per heavy atom. The van der Waals surface area contributed by atoms with Crippen molar-refractivity contribution >= 4 is 5.69 Å². The van der Waals surface area contributed by atoms with Crippen molar-refractivity contribution in [1.82, 2.24) is 0 Å². The van der Waals surface area contributed by atoms with Gasteiger partial charge in [-0.05, 0) is 54.7 Å². The van der Waals surface area contributed by atoms with E-state index in [1.165, 1.54) is 30.4 Å². The Morgan fingerprint density at radius 2 is 1.86 bits per heavy atom. The maximum Gasteiger partial charge on any atom is 0.119 e. The second kappa shape index (κ2) is 6.64. The molecule has 0 radical (unpaired) electrons. The summed E-state index contributed by atoms with van der Waals surface area (Å²) in [7, 11) is 0. The lowest BCUT2D eigenvalue weighted by Gasteiger charge is -2.14. The summed E-state index contributed by atoms with van der Waals surface area (Å²) in [6, 6.07) is 16.1. The molecule has 1 aliphatic carbocycles. The number of hydrogen-bond donors (Lipinski definition) is 2. The minimum atomic E-state index is -0.529. The molecule has 0 aliphatic heterocycles. The van der Waals surface area contributed by atoms with Crippen molar-refractivity contribution in [2.24, 2.45) is 0 Å². The van der Waals surface area contributed by atoms with Gasteiger partial charge >= 0.3 is 0 Å². The molecule has 0 fully saturated rings. The van der Waals surface area contributed by atoms with Crippen LogP contribution in [0.2, 0.25) is 0 Å². The fourth-order valence-electron chi connectivity index (χ4n) is 2.69. The number of aliphatic hydroxyl groups excluding tert-OH is 1. The van der Waals surface area contributed by atoms with Crippen LogP contribution < -0.4 is 10.1 Å². The van der Waals surface area contributed by atoms with Crippen molar-refractivity contribution in [3.63, 3.8) is 0 Å². The van der Waals surface area contributed by atoms with Gasteiger partial charge in [-0.3, -0.25) is 0 Å². The van der Waals surface area contributed by atoms with Crippen molar-refractivity contribution < 1.29 is 9.84 Å². The molecular formula is C18H21NO2. The van der Waals surface area contributed by atoms with E-state index >= 15 is 0 Å². The van der Waals surface area contributed by atoms with Gasteiger partial charge in [0.15, 0.2) is 0 Å². The number of nitrogens with one attached hydrogen (secondary N) is 1. The van der Waals surface area contributed by atoms with Crippen molar-refractivity contribution in [2.45, 2.75) is 25.4 Å². The number of fused-ring (bicyclic) bond motifs is 1. The standard InChI is InChI=1S/C18H21NO2/c20-17(13-21-18-7-2-1-3-8-18)12-19-16-10-9-14-5-4-6-15(14)11-16/h1-3,7-11,17,19-20H,4-6,12-13H2. The number of aryl methyl sites for hydroxylation is 2. The molecule has 110 valence electrons. The van der Waals surface area contributed by atoms with Crippen LogP contribution in [0.4, 0.5) is 5.69 Å². The Balaban J connectivity index is 1.46. The zero-order chi connectivity index (χ0) is 14.5. The summed E-state index contributed by atoms with van der Waals surface area (Å²) >= 11 is 0. The Morgan fingerprint density at radius 1 is 1.05 bits per heavy atom. The van der Waals surface area contributed by atoms with Crippen molar-refractivity contribution in [1.29, 1.82) is 0 Å². The lowest BCUT2D eigenvalue weighted by Crippen LogP contribution is -2.26. The minimum absolute atomic E-state index is 0.294. The molecule has 1 unspecified atom stereocenters. The molecule has 2 aromatic rings. The number of hydrogen-bond acceptors (Lipinski definition) is 3. The van der Waals surface area contributed by atoms with Crippen LogP contribution in [0.15, 0.2) is 48.5 Å². The quantitative estimate of drug-likeness (QED) is 0.856. The number of benzene rings is 2. The van der Waals surface area contributed by atoms with Gasteiger partial charge in [-0.25, -0.2) is 0 Å². The van der Waals surface area contributed by atoms with E-state index in [4.69, 9.17) is 4.74 Å². The van der Waals surface area contributed by atoms with Crippen LogP contribution in [0.5, 0.6) is 5.75 Å². The minimum Gasteiger partial charge on any atom is -0.491 e. The topological polar surface area (TPSA) is 41.5 Å². The molecule has 2 N–H and O–H groups in total. The molecular weight excluding hydrogens is 262 g/mol. The van der Waals surface area contributed by atoms with E-state index in [1.807, 2.05) is 30.3 Å². The average Bonchev–Trinajstić information content (AvgIpc) is 2.99. The zero-order valence-electron chi connectivity index (χ0n) is 12.1. The third-order valence-corrected chi connectivity index (χ3v) is 3.83. The van der Waals surface area contributed by atoms with Crippen molar-refractivity contribution in [3.05, 3.63) is 59.7 Å². The molecule has 1 aliphatic rings. The maximum atomic E-state index is 9.98. The first-order valence-corrected chi connectivity index (χ1v) is 7.53. The van der Waals surface area contributed by atoms with Crippen molar-refractivity contribution in [3.8, 4) is 5.75 Å². The Labute approximate surface area is 125 Å². The van der Waals surface area contributed by atoms with Crippen LogP contribution in [0.25, 0.3) is 0 Å². The van der Waals surface area contributed by atoms with Gasteiger partial charge in [-0.15, -0.1) is 0 Å². The summed E-state index contributed by atoms with van der Waals surface area (Å²) in [4.78, 5) is 0. The van der Waals surface area contributed by atoms with Crippen LogP contribution in [-0.2, 0) is 12.8 Å². The fourth-order valence-corrected chi connectivity index (χ4v) is 2.69. The van der Waals surface area contributed by atoms with E-state index < -0.39 is 6.10 Å². The Hall–Kier alpha value is -2.00. The highest BCUT2D eigenvalue weighted by Crippen LogP contribution is 2.24. The summed E-state index contributed by atoms with van der Waals surface area (Å²) < 4.78 is 5.54. The molecule has 0 amide bonds. The number of ether oxygens (including phenoxy) is 1. The summed E-state index contributed by atoms with van der Waals surface area (Å²) in [5.41, 5.74) is 3.98. The molecule has 3 heteroatoms. The highest BCUT2D eigenvalue weighted by molar-refractivity contribution is 5.50. The third-order valence-electron chi connectivity index (χ3n) is 3.83. The van der Waals surface area contributed by atoms with Crippen molar-refractivity contribution in [2.75, 3.05) is 18.5 Å². The predicted octanol–water partition coefficient (Wildman–Crippen LogP) is 3.03. The van der Waals surface area contributed by atoms with E-state index in [0.29, 0.717) is 13.2 Å². The van der Waals surface area contributed by atoms with Gasteiger partial charge in [0, 0.05) is 12.2 Å². The Bertz CT molecular complexity index is 583. The first-order chi connectivity index (χ1) is 10.3. The molecule has 0 aromatic heterocycles. The highest BCUT2D eigenvalue weighted by Gasteiger charge is 2.11. The SMILES string of the molecule is OC(CNc1ccc2c(c1)CCC2)COc1ccccc1. The smallest absolute Gasteiger partial charge is 0.119 e. The summed E-state index contributed by atoms with van der Waals surface area (Å²) in [6.45, 7) is 0.785. The maximum absolute atomic E-state index is 9.98. The molecule has 0 saturated heterocycles. The molecule has 21 heavy (non-hydrogen) atoms. The van der Waals surface area contributed by atoms with E-state index in [1.54, 1.807) is 0 Å². The Kier molecular flexibility index (Phi) is 4.41. The van der Waals surface area contributed by atoms with Gasteiger partial charge in [0.1, 0.15) is 18.5 Å². The van der Waals surface area contributed by atoms with Gasteiger partial charge in [-0.2, -0.15) is 0 Å². The highest BCUT2D eigenvalue weighted by atomic mass is 16.5. The lowest BCUT2D eigenvalue weighted by atomic mass is 10.1. The number of rotatable bonds is 6. The fraction of sp³-hybridized carbons (Fsp3) is 0.333. The number of aliphatic hydroxyl groups is 1. The summed E-state index contributed by atoms with van der Waals surface area (Å²) in [6.07, 6.45) is 3.10. The van der Waals surface area contributed by atoms with Crippen LogP contribution in [0, 0.1) is 0 Å². The molecule has 3 nitrogen and oxygen atoms in total. The van der Waals surface area contributed by atoms with E-state index in [-0.39, 0.29) is 0 Å². The number of para-hydroxylation sites is 1. The molecule has 3 rings (SSSR count).